The van der Waals surface area contributed by atoms with E-state index in [2.05, 4.69) is 5.32 Å². The van der Waals surface area contributed by atoms with Crippen molar-refractivity contribution in [3.05, 3.63) is 11.6 Å². The number of piperidine rings is 1. The number of nitrogens with one attached hydrogen (secondary N) is 1. The minimum atomic E-state index is -0.404. The molecule has 0 aliphatic carbocycles. The third kappa shape index (κ3) is 4.77. The van der Waals surface area contributed by atoms with Crippen molar-refractivity contribution in [2.24, 2.45) is 0 Å². The van der Waals surface area contributed by atoms with Crippen molar-refractivity contribution in [1.29, 1.82) is 0 Å². The SMILES string of the molecule is CCOC(=O)NC1CCCN(C(=O)C=C(C)C)C1. The smallest absolute Gasteiger partial charge is 0.407 e. The molecule has 1 heterocycles. The fourth-order valence-corrected chi connectivity index (χ4v) is 1.97. The maximum Gasteiger partial charge on any atom is 0.407 e. The zero-order valence-corrected chi connectivity index (χ0v) is 11.4. The van der Waals surface area contributed by atoms with Crippen LogP contribution in [-0.2, 0) is 9.53 Å². The molecule has 1 rings (SSSR count). The minimum Gasteiger partial charge on any atom is -0.450 e. The number of nitrogens with zero attached hydrogens (tertiary/aromatic N) is 1. The van der Waals surface area contributed by atoms with E-state index in [-0.39, 0.29) is 11.9 Å². The van der Waals surface area contributed by atoms with Gasteiger partial charge in [-0.1, -0.05) is 5.57 Å². The summed E-state index contributed by atoms with van der Waals surface area (Å²) < 4.78 is 4.84. The molecule has 1 fully saturated rings. The average Bonchev–Trinajstić information content (AvgIpc) is 2.28. The molecule has 0 radical (unpaired) electrons. The number of carbonyl (C=O) groups is 2. The van der Waals surface area contributed by atoms with Crippen LogP contribution in [0.2, 0.25) is 0 Å². The monoisotopic (exact) mass is 254 g/mol. The predicted molar refractivity (Wildman–Crippen MR) is 69.2 cm³/mol. The van der Waals surface area contributed by atoms with Crippen LogP contribution in [0, 0.1) is 0 Å². The molecule has 102 valence electrons. The van der Waals surface area contributed by atoms with E-state index in [0.717, 1.165) is 25.0 Å². The van der Waals surface area contributed by atoms with E-state index in [9.17, 15) is 9.59 Å². The molecule has 0 aromatic heterocycles. The number of allylic oxidation sites excluding steroid dienone is 1. The number of amides is 2. The van der Waals surface area contributed by atoms with Crippen LogP contribution in [0.4, 0.5) is 4.79 Å². The molecule has 1 aliphatic rings. The van der Waals surface area contributed by atoms with Crippen LogP contribution in [0.1, 0.15) is 33.6 Å². The molecule has 0 aromatic carbocycles. The summed E-state index contributed by atoms with van der Waals surface area (Å²) in [6, 6.07) is -0.00712. The Hall–Kier alpha value is -1.52. The van der Waals surface area contributed by atoms with Crippen molar-refractivity contribution in [1.82, 2.24) is 10.2 Å². The first-order valence-electron chi connectivity index (χ1n) is 6.40. The van der Waals surface area contributed by atoms with Gasteiger partial charge in [-0.3, -0.25) is 4.79 Å². The van der Waals surface area contributed by atoms with Crippen molar-refractivity contribution in [2.75, 3.05) is 19.7 Å². The second kappa shape index (κ2) is 7.03. The molecular weight excluding hydrogens is 232 g/mol. The van der Waals surface area contributed by atoms with E-state index >= 15 is 0 Å². The maximum absolute atomic E-state index is 11.9. The summed E-state index contributed by atoms with van der Waals surface area (Å²) in [6.07, 6.45) is 3.02. The molecule has 1 atom stereocenters. The van der Waals surface area contributed by atoms with Crippen molar-refractivity contribution >= 4 is 12.0 Å². The zero-order chi connectivity index (χ0) is 13.5. The maximum atomic E-state index is 11.9. The van der Waals surface area contributed by atoms with Gasteiger partial charge in [-0.05, 0) is 33.6 Å². The highest BCUT2D eigenvalue weighted by molar-refractivity contribution is 5.88. The van der Waals surface area contributed by atoms with Gasteiger partial charge in [0.2, 0.25) is 5.91 Å². The topological polar surface area (TPSA) is 58.6 Å². The van der Waals surface area contributed by atoms with Gasteiger partial charge in [0.1, 0.15) is 0 Å². The minimum absolute atomic E-state index is 0.00712. The average molecular weight is 254 g/mol. The lowest BCUT2D eigenvalue weighted by atomic mass is 10.1. The molecule has 0 spiro atoms. The Labute approximate surface area is 108 Å². The summed E-state index contributed by atoms with van der Waals surface area (Å²) in [4.78, 5) is 25.0. The zero-order valence-electron chi connectivity index (χ0n) is 11.4. The molecule has 0 bridgehead atoms. The van der Waals surface area contributed by atoms with Gasteiger partial charge in [-0.2, -0.15) is 0 Å². The van der Waals surface area contributed by atoms with Gasteiger partial charge in [0, 0.05) is 25.2 Å². The van der Waals surface area contributed by atoms with Gasteiger partial charge in [0.05, 0.1) is 6.61 Å². The molecule has 1 N–H and O–H groups in total. The molecule has 0 saturated carbocycles. The van der Waals surface area contributed by atoms with Crippen LogP contribution in [-0.4, -0.2) is 42.6 Å². The molecule has 0 aromatic rings. The van der Waals surface area contributed by atoms with Crippen LogP contribution < -0.4 is 5.32 Å². The van der Waals surface area contributed by atoms with Crippen molar-refractivity contribution in [2.45, 2.75) is 39.7 Å². The van der Waals surface area contributed by atoms with Crippen LogP contribution in [0.3, 0.4) is 0 Å². The van der Waals surface area contributed by atoms with E-state index in [1.807, 2.05) is 13.8 Å². The molecule has 1 saturated heterocycles. The van der Waals surface area contributed by atoms with E-state index in [0.29, 0.717) is 13.2 Å². The first kappa shape index (κ1) is 14.5. The van der Waals surface area contributed by atoms with Crippen LogP contribution >= 0.6 is 0 Å². The highest BCUT2D eigenvalue weighted by atomic mass is 16.5. The third-order valence-corrected chi connectivity index (χ3v) is 2.74. The van der Waals surface area contributed by atoms with Gasteiger partial charge in [0.15, 0.2) is 0 Å². The lowest BCUT2D eigenvalue weighted by Crippen LogP contribution is -2.49. The number of carbonyl (C=O) groups excluding carboxylic acids is 2. The Kier molecular flexibility index (Phi) is 5.68. The summed E-state index contributed by atoms with van der Waals surface area (Å²) in [7, 11) is 0. The lowest BCUT2D eigenvalue weighted by molar-refractivity contribution is -0.127. The summed E-state index contributed by atoms with van der Waals surface area (Å²) in [5.41, 5.74) is 0.987. The fraction of sp³-hybridized carbons (Fsp3) is 0.692. The Bertz CT molecular complexity index is 335. The number of alkyl carbamates (subject to hydrolysis) is 1. The number of ether oxygens (including phenoxy) is 1. The number of rotatable bonds is 3. The number of hydrogen-bond donors (Lipinski definition) is 1. The second-order valence-electron chi connectivity index (χ2n) is 4.71. The number of hydrogen-bond acceptors (Lipinski definition) is 3. The standard InChI is InChI=1S/C13H22N2O3/c1-4-18-13(17)14-11-6-5-7-15(9-11)12(16)8-10(2)3/h8,11H,4-7,9H2,1-3H3,(H,14,17). The van der Waals surface area contributed by atoms with Gasteiger partial charge in [-0.25, -0.2) is 4.79 Å². The van der Waals surface area contributed by atoms with Crippen LogP contribution in [0.15, 0.2) is 11.6 Å². The van der Waals surface area contributed by atoms with Crippen LogP contribution in [0.25, 0.3) is 0 Å². The Morgan fingerprint density at radius 1 is 1.44 bits per heavy atom. The number of likely N-dealkylation sites (tertiary alicyclic amines) is 1. The summed E-state index contributed by atoms with van der Waals surface area (Å²) in [6.45, 7) is 7.24. The van der Waals surface area contributed by atoms with Gasteiger partial charge >= 0.3 is 6.09 Å². The summed E-state index contributed by atoms with van der Waals surface area (Å²) in [5.74, 6) is 0.0189. The van der Waals surface area contributed by atoms with E-state index in [1.54, 1.807) is 17.9 Å². The van der Waals surface area contributed by atoms with Gasteiger partial charge in [-0.15, -0.1) is 0 Å². The fourth-order valence-electron chi connectivity index (χ4n) is 1.97. The summed E-state index contributed by atoms with van der Waals surface area (Å²) >= 11 is 0. The predicted octanol–water partition coefficient (Wildman–Crippen LogP) is 1.69. The van der Waals surface area contributed by atoms with Gasteiger partial charge < -0.3 is 15.0 Å². The van der Waals surface area contributed by atoms with Crippen molar-refractivity contribution in [3.8, 4) is 0 Å². The quantitative estimate of drug-likeness (QED) is 0.780. The highest BCUT2D eigenvalue weighted by Crippen LogP contribution is 2.11. The van der Waals surface area contributed by atoms with Gasteiger partial charge in [0.25, 0.3) is 0 Å². The van der Waals surface area contributed by atoms with E-state index < -0.39 is 6.09 Å². The Morgan fingerprint density at radius 2 is 2.17 bits per heavy atom. The van der Waals surface area contributed by atoms with Crippen molar-refractivity contribution < 1.29 is 14.3 Å². The lowest BCUT2D eigenvalue weighted by Gasteiger charge is -2.32. The highest BCUT2D eigenvalue weighted by Gasteiger charge is 2.23. The van der Waals surface area contributed by atoms with Crippen LogP contribution in [0.5, 0.6) is 0 Å². The second-order valence-corrected chi connectivity index (χ2v) is 4.71. The molecule has 5 heteroatoms. The van der Waals surface area contributed by atoms with Crippen molar-refractivity contribution in [3.63, 3.8) is 0 Å². The molecule has 1 aliphatic heterocycles. The third-order valence-electron chi connectivity index (χ3n) is 2.74. The molecular formula is C13H22N2O3. The molecule has 2 amide bonds. The van der Waals surface area contributed by atoms with E-state index in [4.69, 9.17) is 4.74 Å². The van der Waals surface area contributed by atoms with E-state index in [1.165, 1.54) is 0 Å². The first-order chi connectivity index (χ1) is 8.52. The molecule has 5 nitrogen and oxygen atoms in total. The summed E-state index contributed by atoms with van der Waals surface area (Å²) in [5, 5.41) is 2.78. The Morgan fingerprint density at radius 3 is 2.78 bits per heavy atom. The molecule has 1 unspecified atom stereocenters. The molecule has 18 heavy (non-hydrogen) atoms. The first-order valence-corrected chi connectivity index (χ1v) is 6.40. The normalized spacial score (nSPS) is 19.1. The largest absolute Gasteiger partial charge is 0.450 e. The Balaban J connectivity index is 2.48.